The molecule has 0 radical (unpaired) electrons. The van der Waals surface area contributed by atoms with E-state index in [1.165, 1.54) is 0 Å². The molecule has 2 rings (SSSR count). The lowest BCUT2D eigenvalue weighted by atomic mass is 10.2. The van der Waals surface area contributed by atoms with Crippen LogP contribution in [0.4, 0.5) is 0 Å². The normalized spacial score (nSPS) is 9.72. The van der Waals surface area contributed by atoms with Crippen molar-refractivity contribution >= 4 is 5.91 Å². The summed E-state index contributed by atoms with van der Waals surface area (Å²) >= 11 is 0. The zero-order chi connectivity index (χ0) is 12.8. The van der Waals surface area contributed by atoms with Gasteiger partial charge in [0.05, 0.1) is 0 Å². The first-order valence-electron chi connectivity index (χ1n) is 5.76. The van der Waals surface area contributed by atoms with Gasteiger partial charge in [-0.25, -0.2) is 0 Å². The fraction of sp³-hybridized carbons (Fsp3) is 0.133. The molecule has 0 aliphatic carbocycles. The van der Waals surface area contributed by atoms with Crippen LogP contribution in [-0.2, 0) is 0 Å². The van der Waals surface area contributed by atoms with Gasteiger partial charge in [0.25, 0.3) is 5.91 Å². The van der Waals surface area contributed by atoms with Crippen molar-refractivity contribution < 1.29 is 4.79 Å². The first-order valence-corrected chi connectivity index (χ1v) is 5.76. The number of hydrogen-bond acceptors (Lipinski definition) is 1. The van der Waals surface area contributed by atoms with E-state index in [2.05, 4.69) is 11.2 Å². The average Bonchev–Trinajstić information content (AvgIpc) is 2.93. The minimum atomic E-state index is -0.0932. The average molecular weight is 238 g/mol. The largest absolute Gasteiger partial charge is 0.351 e. The fourth-order valence-corrected chi connectivity index (χ4v) is 1.64. The van der Waals surface area contributed by atoms with Gasteiger partial charge in [0.15, 0.2) is 0 Å². The molecule has 3 nitrogen and oxygen atoms in total. The number of terminal acetylenes is 1. The number of rotatable bonds is 4. The van der Waals surface area contributed by atoms with E-state index >= 15 is 0 Å². The number of aromatic nitrogens is 1. The zero-order valence-corrected chi connectivity index (χ0v) is 9.97. The lowest BCUT2D eigenvalue weighted by Gasteiger charge is -2.05. The second kappa shape index (κ2) is 5.74. The minimum absolute atomic E-state index is 0.0932. The van der Waals surface area contributed by atoms with Crippen molar-refractivity contribution in [2.45, 2.75) is 6.42 Å². The standard InChI is InChI=1S/C15H14N2O/c1-2-3-10-16-15(18)13-6-8-14(9-7-13)17-11-4-5-12-17/h1,4-9,11-12H,3,10H2,(H,16,18). The lowest BCUT2D eigenvalue weighted by molar-refractivity contribution is 0.0954. The lowest BCUT2D eigenvalue weighted by Crippen LogP contribution is -2.24. The van der Waals surface area contributed by atoms with Crippen LogP contribution in [0.3, 0.4) is 0 Å². The smallest absolute Gasteiger partial charge is 0.251 e. The molecule has 0 fully saturated rings. The maximum Gasteiger partial charge on any atom is 0.251 e. The Balaban J connectivity index is 2.04. The van der Waals surface area contributed by atoms with Crippen molar-refractivity contribution in [3.05, 3.63) is 54.4 Å². The van der Waals surface area contributed by atoms with Gasteiger partial charge in [-0.05, 0) is 36.4 Å². The Morgan fingerprint density at radius 3 is 2.50 bits per heavy atom. The Bertz CT molecular complexity index is 547. The molecule has 0 saturated carbocycles. The molecule has 0 spiro atoms. The third-order valence-electron chi connectivity index (χ3n) is 2.59. The molecular weight excluding hydrogens is 224 g/mol. The SMILES string of the molecule is C#CCCNC(=O)c1ccc(-n2cccc2)cc1. The van der Waals surface area contributed by atoms with E-state index in [1.807, 2.05) is 41.2 Å². The van der Waals surface area contributed by atoms with E-state index in [0.29, 0.717) is 18.5 Å². The van der Waals surface area contributed by atoms with Crippen molar-refractivity contribution in [2.24, 2.45) is 0 Å². The van der Waals surface area contributed by atoms with Gasteiger partial charge < -0.3 is 9.88 Å². The molecule has 1 aromatic carbocycles. The maximum atomic E-state index is 11.7. The van der Waals surface area contributed by atoms with Crippen LogP contribution in [0, 0.1) is 12.3 Å². The number of nitrogens with one attached hydrogen (secondary N) is 1. The van der Waals surface area contributed by atoms with Crippen LogP contribution in [0.5, 0.6) is 0 Å². The Morgan fingerprint density at radius 1 is 1.22 bits per heavy atom. The van der Waals surface area contributed by atoms with Gasteiger partial charge in [-0.2, -0.15) is 0 Å². The molecule has 3 heteroatoms. The molecule has 1 heterocycles. The van der Waals surface area contributed by atoms with Crippen molar-refractivity contribution in [3.8, 4) is 18.0 Å². The zero-order valence-electron chi connectivity index (χ0n) is 9.97. The summed E-state index contributed by atoms with van der Waals surface area (Å²) in [7, 11) is 0. The van der Waals surface area contributed by atoms with Crippen molar-refractivity contribution in [1.29, 1.82) is 0 Å². The van der Waals surface area contributed by atoms with Gasteiger partial charge in [-0.15, -0.1) is 12.3 Å². The van der Waals surface area contributed by atoms with E-state index < -0.39 is 0 Å². The van der Waals surface area contributed by atoms with E-state index in [1.54, 1.807) is 12.1 Å². The molecule has 1 amide bonds. The van der Waals surface area contributed by atoms with Crippen molar-refractivity contribution in [3.63, 3.8) is 0 Å². The second-order valence-electron chi connectivity index (χ2n) is 3.85. The van der Waals surface area contributed by atoms with Gasteiger partial charge in [0.1, 0.15) is 0 Å². The summed E-state index contributed by atoms with van der Waals surface area (Å²) in [6, 6.07) is 11.4. The molecule has 0 saturated heterocycles. The number of amides is 1. The van der Waals surface area contributed by atoms with E-state index in [4.69, 9.17) is 6.42 Å². The Hall–Kier alpha value is -2.47. The monoisotopic (exact) mass is 238 g/mol. The third-order valence-corrected chi connectivity index (χ3v) is 2.59. The van der Waals surface area contributed by atoms with Gasteiger partial charge in [0.2, 0.25) is 0 Å². The van der Waals surface area contributed by atoms with E-state index in [-0.39, 0.29) is 5.91 Å². The molecule has 0 aliphatic heterocycles. The van der Waals surface area contributed by atoms with Crippen LogP contribution in [-0.4, -0.2) is 17.0 Å². The first kappa shape index (κ1) is 12.0. The van der Waals surface area contributed by atoms with Crippen LogP contribution in [0.1, 0.15) is 16.8 Å². The highest BCUT2D eigenvalue weighted by Crippen LogP contribution is 2.09. The molecule has 18 heavy (non-hydrogen) atoms. The number of carbonyl (C=O) groups excluding carboxylic acids is 1. The second-order valence-corrected chi connectivity index (χ2v) is 3.85. The molecule has 2 aromatic rings. The Labute approximate surface area is 106 Å². The quantitative estimate of drug-likeness (QED) is 0.643. The summed E-state index contributed by atoms with van der Waals surface area (Å²) in [5.41, 5.74) is 1.67. The van der Waals surface area contributed by atoms with Gasteiger partial charge >= 0.3 is 0 Å². The molecule has 0 aliphatic rings. The van der Waals surface area contributed by atoms with Crippen LogP contribution < -0.4 is 5.32 Å². The maximum absolute atomic E-state index is 11.7. The fourth-order valence-electron chi connectivity index (χ4n) is 1.64. The Kier molecular flexibility index (Phi) is 3.83. The predicted octanol–water partition coefficient (Wildman–Crippen LogP) is 2.23. The van der Waals surface area contributed by atoms with Gasteiger partial charge in [-0.1, -0.05) is 0 Å². The predicted molar refractivity (Wildman–Crippen MR) is 71.6 cm³/mol. The molecule has 1 N–H and O–H groups in total. The molecular formula is C15H14N2O. The highest BCUT2D eigenvalue weighted by atomic mass is 16.1. The van der Waals surface area contributed by atoms with Crippen molar-refractivity contribution in [2.75, 3.05) is 6.54 Å². The molecule has 0 bridgehead atoms. The van der Waals surface area contributed by atoms with Crippen LogP contribution in [0.25, 0.3) is 5.69 Å². The third kappa shape index (κ3) is 2.80. The highest BCUT2D eigenvalue weighted by molar-refractivity contribution is 5.94. The van der Waals surface area contributed by atoms with Crippen LogP contribution in [0.2, 0.25) is 0 Å². The van der Waals surface area contributed by atoms with Crippen LogP contribution in [0.15, 0.2) is 48.8 Å². The number of nitrogens with zero attached hydrogens (tertiary/aromatic N) is 1. The Morgan fingerprint density at radius 2 is 1.89 bits per heavy atom. The summed E-state index contributed by atoms with van der Waals surface area (Å²) < 4.78 is 1.99. The number of hydrogen-bond donors (Lipinski definition) is 1. The number of carbonyl (C=O) groups is 1. The summed E-state index contributed by atoms with van der Waals surface area (Å²) in [6.45, 7) is 0.509. The van der Waals surface area contributed by atoms with E-state index in [0.717, 1.165) is 5.69 Å². The summed E-state index contributed by atoms with van der Waals surface area (Å²) in [5, 5.41) is 2.77. The summed E-state index contributed by atoms with van der Waals surface area (Å²) in [4.78, 5) is 11.7. The minimum Gasteiger partial charge on any atom is -0.351 e. The van der Waals surface area contributed by atoms with Crippen LogP contribution >= 0.6 is 0 Å². The van der Waals surface area contributed by atoms with Crippen molar-refractivity contribution in [1.82, 2.24) is 9.88 Å². The summed E-state index contributed by atoms with van der Waals surface area (Å²) in [6.07, 6.45) is 9.59. The van der Waals surface area contributed by atoms with E-state index in [9.17, 15) is 4.79 Å². The summed E-state index contributed by atoms with van der Waals surface area (Å²) in [5.74, 6) is 2.39. The first-order chi connectivity index (χ1) is 8.81. The molecule has 0 atom stereocenters. The van der Waals surface area contributed by atoms with Gasteiger partial charge in [0, 0.05) is 36.6 Å². The highest BCUT2D eigenvalue weighted by Gasteiger charge is 2.04. The molecule has 90 valence electrons. The van der Waals surface area contributed by atoms with Gasteiger partial charge in [-0.3, -0.25) is 4.79 Å². The topological polar surface area (TPSA) is 34.0 Å². The molecule has 0 unspecified atom stereocenters. The molecule has 1 aromatic heterocycles. The number of benzene rings is 1.